The average molecular weight is 294 g/mol. The van der Waals surface area contributed by atoms with Gasteiger partial charge in [0.15, 0.2) is 0 Å². The number of carbonyl (C=O) groups is 1. The Bertz CT molecular complexity index is 538. The summed E-state index contributed by atoms with van der Waals surface area (Å²) in [6.07, 6.45) is 2.40. The summed E-state index contributed by atoms with van der Waals surface area (Å²) in [4.78, 5) is 22.6. The van der Waals surface area contributed by atoms with Gasteiger partial charge in [-0.15, -0.1) is 0 Å². The zero-order valence-electron chi connectivity index (χ0n) is 11.7. The Balaban J connectivity index is 2.15. The highest BCUT2D eigenvalue weighted by Gasteiger charge is 2.25. The van der Waals surface area contributed by atoms with Crippen LogP contribution in [0.3, 0.4) is 0 Å². The number of aliphatic hydroxyl groups excluding tert-OH is 1. The van der Waals surface area contributed by atoms with Crippen molar-refractivity contribution in [2.24, 2.45) is 0 Å². The Morgan fingerprint density at radius 1 is 1.38 bits per heavy atom. The molecule has 1 aromatic rings. The van der Waals surface area contributed by atoms with Gasteiger partial charge in [0.25, 0.3) is 5.91 Å². The van der Waals surface area contributed by atoms with E-state index >= 15 is 0 Å². The first-order valence-corrected chi connectivity index (χ1v) is 6.83. The largest absolute Gasteiger partial charge is 0.490 e. The number of methoxy groups -OCH3 is 1. The van der Waals surface area contributed by atoms with Crippen LogP contribution in [0.15, 0.2) is 18.2 Å². The topological polar surface area (TPSA) is 102 Å². The Morgan fingerprint density at radius 3 is 2.62 bits per heavy atom. The van der Waals surface area contributed by atoms with Crippen LogP contribution in [-0.2, 0) is 0 Å². The van der Waals surface area contributed by atoms with E-state index in [1.165, 1.54) is 25.3 Å². The lowest BCUT2D eigenvalue weighted by Crippen LogP contribution is -2.38. The maximum Gasteiger partial charge on any atom is 0.311 e. The highest BCUT2D eigenvalue weighted by atomic mass is 16.6. The molecule has 7 nitrogen and oxygen atoms in total. The third-order valence-corrected chi connectivity index (χ3v) is 3.67. The molecule has 114 valence electrons. The molecule has 0 aliphatic heterocycles. The fraction of sp³-hybridized carbons (Fsp3) is 0.500. The minimum absolute atomic E-state index is 0.0233. The number of hydrogen-bond donors (Lipinski definition) is 2. The van der Waals surface area contributed by atoms with Crippen molar-refractivity contribution in [3.8, 4) is 5.75 Å². The van der Waals surface area contributed by atoms with Crippen LogP contribution in [0.5, 0.6) is 5.75 Å². The maximum atomic E-state index is 12.3. The van der Waals surface area contributed by atoms with Gasteiger partial charge in [0.2, 0.25) is 5.75 Å². The molecule has 1 saturated carbocycles. The van der Waals surface area contributed by atoms with Crippen molar-refractivity contribution in [3.05, 3.63) is 33.9 Å². The Kier molecular flexibility index (Phi) is 4.74. The van der Waals surface area contributed by atoms with Crippen LogP contribution in [0.4, 0.5) is 5.69 Å². The van der Waals surface area contributed by atoms with Gasteiger partial charge in [0.1, 0.15) is 0 Å². The average Bonchev–Trinajstić information content (AvgIpc) is 2.48. The SMILES string of the molecule is COc1c(C(=O)NC2CCC(O)CC2)cccc1[N+](=O)[O-]. The molecule has 0 unspecified atom stereocenters. The third kappa shape index (κ3) is 3.49. The minimum atomic E-state index is -0.577. The Hall–Kier alpha value is -2.15. The van der Waals surface area contributed by atoms with Crippen LogP contribution < -0.4 is 10.1 Å². The summed E-state index contributed by atoms with van der Waals surface area (Å²) in [5, 5.41) is 23.2. The van der Waals surface area contributed by atoms with Gasteiger partial charge in [-0.1, -0.05) is 6.07 Å². The lowest BCUT2D eigenvalue weighted by Gasteiger charge is -2.26. The third-order valence-electron chi connectivity index (χ3n) is 3.67. The number of nitro groups is 1. The van der Waals surface area contributed by atoms with E-state index < -0.39 is 10.8 Å². The van der Waals surface area contributed by atoms with Gasteiger partial charge in [-0.25, -0.2) is 0 Å². The molecule has 0 bridgehead atoms. The first-order valence-electron chi connectivity index (χ1n) is 6.83. The molecule has 0 heterocycles. The number of aliphatic hydroxyl groups is 1. The van der Waals surface area contributed by atoms with Crippen LogP contribution in [0, 0.1) is 10.1 Å². The number of carbonyl (C=O) groups excluding carboxylic acids is 1. The molecule has 7 heteroatoms. The number of para-hydroxylation sites is 1. The normalized spacial score (nSPS) is 21.6. The first kappa shape index (κ1) is 15.2. The number of amides is 1. The molecule has 1 fully saturated rings. The molecule has 1 aromatic carbocycles. The molecule has 0 spiro atoms. The lowest BCUT2D eigenvalue weighted by atomic mass is 9.93. The van der Waals surface area contributed by atoms with Gasteiger partial charge < -0.3 is 15.2 Å². The van der Waals surface area contributed by atoms with Gasteiger partial charge in [-0.3, -0.25) is 14.9 Å². The number of hydrogen-bond acceptors (Lipinski definition) is 5. The van der Waals surface area contributed by atoms with Gasteiger partial charge >= 0.3 is 5.69 Å². The van der Waals surface area contributed by atoms with Gasteiger partial charge in [-0.2, -0.15) is 0 Å². The number of nitro benzene ring substituents is 1. The molecular formula is C14H18N2O5. The number of nitrogens with one attached hydrogen (secondary N) is 1. The number of nitrogens with zero attached hydrogens (tertiary/aromatic N) is 1. The van der Waals surface area contributed by atoms with E-state index in [4.69, 9.17) is 4.74 Å². The Labute approximate surface area is 122 Å². The van der Waals surface area contributed by atoms with E-state index in [1.54, 1.807) is 0 Å². The lowest BCUT2D eigenvalue weighted by molar-refractivity contribution is -0.385. The van der Waals surface area contributed by atoms with Gasteiger partial charge in [0.05, 0.1) is 23.7 Å². The zero-order chi connectivity index (χ0) is 15.4. The quantitative estimate of drug-likeness (QED) is 0.649. The summed E-state index contributed by atoms with van der Waals surface area (Å²) in [5.41, 5.74) is -0.0814. The summed E-state index contributed by atoms with van der Waals surface area (Å²) in [5.74, 6) is -0.423. The molecule has 1 amide bonds. The van der Waals surface area contributed by atoms with E-state index in [1.807, 2.05) is 0 Å². The summed E-state index contributed by atoms with van der Waals surface area (Å²) in [7, 11) is 1.30. The first-order chi connectivity index (χ1) is 10.0. The fourth-order valence-corrected chi connectivity index (χ4v) is 2.55. The number of benzene rings is 1. The molecule has 0 aromatic heterocycles. The second-order valence-corrected chi connectivity index (χ2v) is 5.09. The van der Waals surface area contributed by atoms with Gasteiger partial charge in [0, 0.05) is 12.1 Å². The van der Waals surface area contributed by atoms with Crippen LogP contribution >= 0.6 is 0 Å². The fourth-order valence-electron chi connectivity index (χ4n) is 2.55. The van der Waals surface area contributed by atoms with Crippen molar-refractivity contribution in [2.75, 3.05) is 7.11 Å². The predicted molar refractivity (Wildman–Crippen MR) is 75.4 cm³/mol. The number of rotatable bonds is 4. The Morgan fingerprint density at radius 2 is 2.05 bits per heavy atom. The molecule has 0 saturated heterocycles. The summed E-state index contributed by atoms with van der Waals surface area (Å²) in [6.45, 7) is 0. The van der Waals surface area contributed by atoms with Crippen molar-refractivity contribution in [1.29, 1.82) is 0 Å². The molecule has 1 aliphatic rings. The second-order valence-electron chi connectivity index (χ2n) is 5.09. The highest BCUT2D eigenvalue weighted by molar-refractivity contribution is 5.98. The van der Waals surface area contributed by atoms with Crippen LogP contribution in [0.2, 0.25) is 0 Å². The van der Waals surface area contributed by atoms with Crippen LogP contribution in [0.1, 0.15) is 36.0 Å². The molecule has 21 heavy (non-hydrogen) atoms. The molecule has 2 rings (SSSR count). The van der Waals surface area contributed by atoms with Crippen molar-refractivity contribution >= 4 is 11.6 Å². The molecule has 2 N–H and O–H groups in total. The van der Waals surface area contributed by atoms with Gasteiger partial charge in [-0.05, 0) is 31.7 Å². The molecule has 0 radical (unpaired) electrons. The van der Waals surface area contributed by atoms with Crippen LogP contribution in [-0.4, -0.2) is 35.2 Å². The number of ether oxygens (including phenoxy) is 1. The van der Waals surface area contributed by atoms with E-state index in [0.717, 1.165) is 0 Å². The summed E-state index contributed by atoms with van der Waals surface area (Å²) in [6, 6.07) is 4.23. The van der Waals surface area contributed by atoms with E-state index in [2.05, 4.69) is 5.32 Å². The van der Waals surface area contributed by atoms with Crippen molar-refractivity contribution < 1.29 is 19.6 Å². The van der Waals surface area contributed by atoms with E-state index in [-0.39, 0.29) is 29.1 Å². The van der Waals surface area contributed by atoms with Crippen LogP contribution in [0.25, 0.3) is 0 Å². The van der Waals surface area contributed by atoms with Crippen molar-refractivity contribution in [3.63, 3.8) is 0 Å². The second kappa shape index (κ2) is 6.53. The monoisotopic (exact) mass is 294 g/mol. The van der Waals surface area contributed by atoms with E-state index in [9.17, 15) is 20.0 Å². The summed E-state index contributed by atoms with van der Waals surface area (Å²) >= 11 is 0. The highest BCUT2D eigenvalue weighted by Crippen LogP contribution is 2.30. The molecule has 0 atom stereocenters. The van der Waals surface area contributed by atoms with Crippen molar-refractivity contribution in [1.82, 2.24) is 5.32 Å². The predicted octanol–water partition coefficient (Wildman–Crippen LogP) is 1.64. The van der Waals surface area contributed by atoms with Crippen molar-refractivity contribution in [2.45, 2.75) is 37.8 Å². The molecule has 1 aliphatic carbocycles. The summed E-state index contributed by atoms with van der Waals surface area (Å²) < 4.78 is 5.02. The van der Waals surface area contributed by atoms with E-state index in [0.29, 0.717) is 25.7 Å². The minimum Gasteiger partial charge on any atom is -0.490 e. The standard InChI is InChI=1S/C14H18N2O5/c1-21-13-11(3-2-4-12(13)16(19)20)14(18)15-9-5-7-10(17)8-6-9/h2-4,9-10,17H,5-8H2,1H3,(H,15,18). The zero-order valence-corrected chi connectivity index (χ0v) is 11.7. The smallest absolute Gasteiger partial charge is 0.311 e. The maximum absolute atomic E-state index is 12.3. The molecular weight excluding hydrogens is 276 g/mol.